The molecule has 2 aliphatic heterocycles. The fraction of sp³-hybridized carbons (Fsp3) is 0.550. The normalized spacial score (nSPS) is 24.4. The first-order valence-electron chi connectivity index (χ1n) is 9.55. The van der Waals surface area contributed by atoms with Crippen molar-refractivity contribution in [2.75, 3.05) is 5.32 Å². The number of fused-ring (bicyclic) bond motifs is 2. The SMILES string of the molecule is CC(C)(C)OC(=O)N1[C@@H]2CC[C@H]1CC(C(=O)/C(=N/I)Nc1ccc(F)c(Br)c1)C2. The monoisotopic (exact) mass is 579 g/mol. The van der Waals surface area contributed by atoms with Gasteiger partial charge in [-0.05, 0) is 80.6 Å². The summed E-state index contributed by atoms with van der Waals surface area (Å²) in [5, 5.41) is 3.00. The van der Waals surface area contributed by atoms with Gasteiger partial charge in [0.15, 0.2) is 5.84 Å². The number of hydrogen-bond acceptors (Lipinski definition) is 4. The van der Waals surface area contributed by atoms with Gasteiger partial charge in [-0.15, -0.1) is 0 Å². The highest BCUT2D eigenvalue weighted by molar-refractivity contribution is 14.1. The zero-order valence-electron chi connectivity index (χ0n) is 16.5. The predicted molar refractivity (Wildman–Crippen MR) is 122 cm³/mol. The molecule has 0 aromatic heterocycles. The van der Waals surface area contributed by atoms with Gasteiger partial charge in [0.25, 0.3) is 0 Å². The second-order valence-corrected chi connectivity index (χ2v) is 9.83. The second-order valence-electron chi connectivity index (χ2n) is 8.49. The summed E-state index contributed by atoms with van der Waals surface area (Å²) in [7, 11) is 0. The van der Waals surface area contributed by atoms with E-state index in [0.29, 0.717) is 23.0 Å². The van der Waals surface area contributed by atoms with Crippen LogP contribution in [0, 0.1) is 11.7 Å². The molecule has 1 aromatic rings. The Balaban J connectivity index is 1.68. The van der Waals surface area contributed by atoms with Crippen LogP contribution >= 0.6 is 38.8 Å². The standard InChI is InChI=1S/C20H24BrFIN3O3/c1-20(2,3)29-19(28)26-13-5-6-14(26)9-11(8-13)17(27)18(25-23)24-12-4-7-16(22)15(21)10-12/h4,7,10-11,13-14H,5-6,8-9H2,1-3H3,(H,24,25)/t11?,13-,14+. The number of nitrogens with zero attached hydrogens (tertiary/aromatic N) is 2. The Hall–Kier alpha value is -1.23. The number of nitrogens with one attached hydrogen (secondary N) is 1. The fourth-order valence-corrected chi connectivity index (χ4v) is 4.77. The van der Waals surface area contributed by atoms with Gasteiger partial charge in [-0.1, -0.05) is 0 Å². The molecule has 2 bridgehead atoms. The first-order valence-corrected chi connectivity index (χ1v) is 11.3. The number of benzene rings is 1. The highest BCUT2D eigenvalue weighted by Crippen LogP contribution is 2.40. The van der Waals surface area contributed by atoms with Crippen molar-refractivity contribution in [3.8, 4) is 0 Å². The lowest BCUT2D eigenvalue weighted by molar-refractivity contribution is -0.118. The maximum atomic E-state index is 13.4. The lowest BCUT2D eigenvalue weighted by Crippen LogP contribution is -2.50. The predicted octanol–water partition coefficient (Wildman–Crippen LogP) is 5.50. The molecule has 2 heterocycles. The molecule has 1 N–H and O–H groups in total. The van der Waals surface area contributed by atoms with Gasteiger partial charge in [0, 0.05) is 23.7 Å². The summed E-state index contributed by atoms with van der Waals surface area (Å²) in [5.74, 6) is -0.433. The van der Waals surface area contributed by atoms with E-state index in [4.69, 9.17) is 4.74 Å². The minimum absolute atomic E-state index is 0.00739. The van der Waals surface area contributed by atoms with E-state index in [1.165, 1.54) is 6.07 Å². The van der Waals surface area contributed by atoms with Gasteiger partial charge in [-0.2, -0.15) is 3.21 Å². The minimum atomic E-state index is -0.544. The van der Waals surface area contributed by atoms with Crippen LogP contribution in [-0.4, -0.2) is 40.3 Å². The minimum Gasteiger partial charge on any atom is -0.444 e. The van der Waals surface area contributed by atoms with E-state index in [0.717, 1.165) is 12.8 Å². The first-order chi connectivity index (χ1) is 13.6. The van der Waals surface area contributed by atoms with Gasteiger partial charge < -0.3 is 15.0 Å². The number of ether oxygens (including phenoxy) is 1. The van der Waals surface area contributed by atoms with Crippen LogP contribution < -0.4 is 5.32 Å². The van der Waals surface area contributed by atoms with Crippen LogP contribution in [0.3, 0.4) is 0 Å². The van der Waals surface area contributed by atoms with E-state index in [-0.39, 0.29) is 41.5 Å². The van der Waals surface area contributed by atoms with Crippen molar-refractivity contribution in [2.24, 2.45) is 9.12 Å². The number of Topliss-reactive ketones (excluding diaryl/α,β-unsaturated/α-hetero) is 1. The molecule has 3 rings (SSSR count). The number of amidine groups is 1. The van der Waals surface area contributed by atoms with E-state index in [1.54, 1.807) is 35.0 Å². The molecule has 1 aromatic carbocycles. The molecule has 6 nitrogen and oxygen atoms in total. The highest BCUT2D eigenvalue weighted by atomic mass is 127. The third-order valence-corrected chi connectivity index (χ3v) is 6.30. The van der Waals surface area contributed by atoms with Crippen molar-refractivity contribution in [2.45, 2.75) is 64.1 Å². The van der Waals surface area contributed by atoms with Crippen molar-refractivity contribution in [3.63, 3.8) is 0 Å². The van der Waals surface area contributed by atoms with Gasteiger partial charge in [0.1, 0.15) is 11.4 Å². The smallest absolute Gasteiger partial charge is 0.410 e. The number of amides is 1. The molecule has 2 aliphatic rings. The summed E-state index contributed by atoms with van der Waals surface area (Å²) in [4.78, 5) is 27.5. The Morgan fingerprint density at radius 3 is 2.41 bits per heavy atom. The van der Waals surface area contributed by atoms with Crippen LogP contribution in [0.15, 0.2) is 25.9 Å². The number of carbonyl (C=O) groups is 2. The topological polar surface area (TPSA) is 71.0 Å². The van der Waals surface area contributed by atoms with Crippen LogP contribution in [0.4, 0.5) is 14.9 Å². The van der Waals surface area contributed by atoms with Crippen LogP contribution in [0.5, 0.6) is 0 Å². The molecular weight excluding hydrogens is 556 g/mol. The van der Waals surface area contributed by atoms with E-state index in [2.05, 4.69) is 24.5 Å². The van der Waals surface area contributed by atoms with Crippen molar-refractivity contribution in [1.29, 1.82) is 0 Å². The Labute approximate surface area is 192 Å². The van der Waals surface area contributed by atoms with Gasteiger partial charge >= 0.3 is 6.09 Å². The maximum Gasteiger partial charge on any atom is 0.410 e. The molecule has 2 fully saturated rings. The Kier molecular flexibility index (Phi) is 6.87. The van der Waals surface area contributed by atoms with Gasteiger partial charge in [-0.25, -0.2) is 9.18 Å². The molecule has 3 atom stereocenters. The number of piperidine rings is 1. The summed E-state index contributed by atoms with van der Waals surface area (Å²) in [6.07, 6.45) is 2.65. The van der Waals surface area contributed by atoms with Gasteiger partial charge in [0.05, 0.1) is 27.3 Å². The summed E-state index contributed by atoms with van der Waals surface area (Å²) < 4.78 is 23.4. The fourth-order valence-electron chi connectivity index (χ4n) is 4.03. The van der Waals surface area contributed by atoms with E-state index in [9.17, 15) is 14.0 Å². The number of ketones is 1. The molecule has 2 saturated heterocycles. The molecule has 0 saturated carbocycles. The maximum absolute atomic E-state index is 13.4. The molecule has 0 aliphatic carbocycles. The number of carbonyl (C=O) groups excluding carboxylic acids is 2. The van der Waals surface area contributed by atoms with Crippen LogP contribution in [0.25, 0.3) is 0 Å². The van der Waals surface area contributed by atoms with Gasteiger partial charge in [0.2, 0.25) is 5.78 Å². The number of anilines is 1. The summed E-state index contributed by atoms with van der Waals surface area (Å²) in [6.45, 7) is 5.56. The Bertz CT molecular complexity index is 829. The van der Waals surface area contributed by atoms with Crippen LogP contribution in [0.1, 0.15) is 46.5 Å². The lowest BCUT2D eigenvalue weighted by Gasteiger charge is -2.39. The third kappa shape index (κ3) is 5.28. The summed E-state index contributed by atoms with van der Waals surface area (Å²) in [6, 6.07) is 4.46. The van der Waals surface area contributed by atoms with Crippen molar-refractivity contribution in [3.05, 3.63) is 28.5 Å². The van der Waals surface area contributed by atoms with Crippen molar-refractivity contribution < 1.29 is 18.7 Å². The average Bonchev–Trinajstić information content (AvgIpc) is 2.91. The molecule has 0 radical (unpaired) electrons. The number of rotatable bonds is 3. The van der Waals surface area contributed by atoms with Gasteiger partial charge in [-0.3, -0.25) is 4.79 Å². The number of hydrogen-bond donors (Lipinski definition) is 1. The average molecular weight is 580 g/mol. The molecule has 9 heteroatoms. The second kappa shape index (κ2) is 8.87. The first kappa shape index (κ1) is 22.5. The largest absolute Gasteiger partial charge is 0.444 e. The quantitative estimate of drug-likeness (QED) is 0.292. The molecule has 158 valence electrons. The van der Waals surface area contributed by atoms with E-state index < -0.39 is 5.60 Å². The molecule has 1 amide bonds. The van der Waals surface area contributed by atoms with E-state index >= 15 is 0 Å². The van der Waals surface area contributed by atoms with Crippen LogP contribution in [-0.2, 0) is 9.53 Å². The van der Waals surface area contributed by atoms with Crippen molar-refractivity contribution >= 4 is 62.2 Å². The zero-order valence-corrected chi connectivity index (χ0v) is 20.3. The Morgan fingerprint density at radius 2 is 1.90 bits per heavy atom. The molecule has 29 heavy (non-hydrogen) atoms. The molecule has 1 unspecified atom stereocenters. The Morgan fingerprint density at radius 1 is 1.28 bits per heavy atom. The lowest BCUT2D eigenvalue weighted by atomic mass is 9.87. The summed E-state index contributed by atoms with van der Waals surface area (Å²) >= 11 is 4.94. The highest BCUT2D eigenvalue weighted by Gasteiger charge is 2.47. The van der Waals surface area contributed by atoms with Crippen LogP contribution in [0.2, 0.25) is 0 Å². The van der Waals surface area contributed by atoms with Crippen molar-refractivity contribution in [1.82, 2.24) is 4.90 Å². The van der Waals surface area contributed by atoms with E-state index in [1.807, 2.05) is 25.7 Å². The molecule has 0 spiro atoms. The third-order valence-electron chi connectivity index (χ3n) is 5.21. The molecular formula is C20H24BrFIN3O3. The summed E-state index contributed by atoms with van der Waals surface area (Å²) in [5.41, 5.74) is 0.0358. The zero-order chi connectivity index (χ0) is 21.3. The number of halogens is 3.